The summed E-state index contributed by atoms with van der Waals surface area (Å²) >= 11 is 6.29. The SMILES string of the molecule is C[C@@H]1CCC[C@H](n2cnc(-c3cc(Cl)ccc3-n3cc(C(F)(F)F)nn3)cc2=O)C2CC(CCN2)C2NN(c3cnc[nH]c3=O)CC2NC1. The molecule has 2 bridgehead atoms. The van der Waals surface area contributed by atoms with Gasteiger partial charge in [-0.3, -0.25) is 14.2 Å². The lowest BCUT2D eigenvalue weighted by atomic mass is 9.80. The summed E-state index contributed by atoms with van der Waals surface area (Å²) in [5.41, 5.74) is 3.33. The van der Waals surface area contributed by atoms with Gasteiger partial charge in [-0.05, 0) is 68.8 Å². The number of aromatic amines is 1. The van der Waals surface area contributed by atoms with Gasteiger partial charge in [-0.1, -0.05) is 30.2 Å². The molecular formula is C32H37ClF3N11O2. The summed E-state index contributed by atoms with van der Waals surface area (Å²) in [6.45, 7) is 4.43. The number of hydrogen-bond donors (Lipinski definition) is 4. The van der Waals surface area contributed by atoms with Gasteiger partial charge < -0.3 is 20.6 Å². The van der Waals surface area contributed by atoms with Gasteiger partial charge in [-0.15, -0.1) is 5.10 Å². The molecule has 0 amide bonds. The molecule has 13 nitrogen and oxygen atoms in total. The Balaban J connectivity index is 1.18. The Morgan fingerprint density at radius 3 is 2.67 bits per heavy atom. The zero-order valence-electron chi connectivity index (χ0n) is 26.7. The van der Waals surface area contributed by atoms with Crippen LogP contribution in [-0.4, -0.2) is 72.3 Å². The van der Waals surface area contributed by atoms with Gasteiger partial charge in [0.2, 0.25) is 0 Å². The smallest absolute Gasteiger partial charge is 0.312 e. The van der Waals surface area contributed by atoms with Crippen molar-refractivity contribution in [3.63, 3.8) is 0 Å². The largest absolute Gasteiger partial charge is 0.436 e. The Bertz CT molecular complexity index is 1910. The molecule has 49 heavy (non-hydrogen) atoms. The number of alkyl halides is 3. The number of nitrogens with zero attached hydrogens (tertiary/aromatic N) is 7. The fourth-order valence-corrected chi connectivity index (χ4v) is 7.62. The summed E-state index contributed by atoms with van der Waals surface area (Å²) in [4.78, 5) is 37.9. The van der Waals surface area contributed by atoms with Crippen LogP contribution in [-0.2, 0) is 6.18 Å². The van der Waals surface area contributed by atoms with E-state index in [1.807, 2.05) is 5.01 Å². The van der Waals surface area contributed by atoms with Gasteiger partial charge in [0.25, 0.3) is 11.1 Å². The number of rotatable bonds is 4. The van der Waals surface area contributed by atoms with Crippen molar-refractivity contribution in [3.8, 4) is 16.9 Å². The average molecular weight is 700 g/mol. The molecule has 6 atom stereocenters. The molecule has 4 N–H and O–H groups in total. The van der Waals surface area contributed by atoms with Crippen molar-refractivity contribution in [2.75, 3.05) is 24.6 Å². The number of hydrogen-bond acceptors (Lipinski definition) is 10. The highest BCUT2D eigenvalue weighted by atomic mass is 35.5. The first kappa shape index (κ1) is 33.4. The van der Waals surface area contributed by atoms with Crippen LogP contribution in [0.2, 0.25) is 5.02 Å². The third kappa shape index (κ3) is 7.00. The van der Waals surface area contributed by atoms with E-state index in [1.165, 1.54) is 30.9 Å². The zero-order chi connectivity index (χ0) is 34.3. The minimum Gasteiger partial charge on any atom is -0.312 e. The standard InChI is InChI=1S/C32H37ClF3N11O2/c1-18-3-2-4-26(23-9-19(7-8-38-23)30-24(39-12-18)14-46(43-30)27-13-37-16-40-31(27)49)45-17-41-22(11-29(45)48)21-10-20(33)5-6-25(21)47-15-28(42-44-47)32(34,35)36/h5-6,10-11,13,15-19,23-24,26,30,38-39,43H,2-4,7-9,12,14H2,1H3,(H,37,40,49)/t18-,19?,23?,24?,26+,30?/m1/s1. The molecule has 0 spiro atoms. The number of H-pyrrole nitrogens is 1. The van der Waals surface area contributed by atoms with E-state index in [0.29, 0.717) is 28.7 Å². The van der Waals surface area contributed by atoms with Gasteiger partial charge in [0.05, 0.1) is 49.0 Å². The van der Waals surface area contributed by atoms with Crippen molar-refractivity contribution in [3.05, 3.63) is 80.7 Å². The van der Waals surface area contributed by atoms with Gasteiger partial charge in [0, 0.05) is 34.8 Å². The van der Waals surface area contributed by atoms with Crippen molar-refractivity contribution >= 4 is 17.3 Å². The van der Waals surface area contributed by atoms with Crippen molar-refractivity contribution in [2.24, 2.45) is 11.8 Å². The number of anilines is 1. The predicted molar refractivity (Wildman–Crippen MR) is 176 cm³/mol. The average Bonchev–Trinajstić information content (AvgIpc) is 3.75. The lowest BCUT2D eigenvalue weighted by Gasteiger charge is -2.40. The monoisotopic (exact) mass is 699 g/mol. The van der Waals surface area contributed by atoms with Gasteiger partial charge in [-0.25, -0.2) is 20.1 Å². The second kappa shape index (κ2) is 13.7. The van der Waals surface area contributed by atoms with Gasteiger partial charge in [0.1, 0.15) is 5.69 Å². The molecule has 4 unspecified atom stereocenters. The Labute approximate surface area is 284 Å². The highest BCUT2D eigenvalue weighted by Crippen LogP contribution is 2.34. The molecule has 0 saturated carbocycles. The third-order valence-corrected chi connectivity index (χ3v) is 10.2. The van der Waals surface area contributed by atoms with E-state index in [2.05, 4.69) is 48.2 Å². The summed E-state index contributed by atoms with van der Waals surface area (Å²) < 4.78 is 42.5. The predicted octanol–water partition coefficient (Wildman–Crippen LogP) is 3.33. The summed E-state index contributed by atoms with van der Waals surface area (Å²) in [7, 11) is 0. The first-order valence-corrected chi connectivity index (χ1v) is 16.8. The summed E-state index contributed by atoms with van der Waals surface area (Å²) in [5, 5.41) is 16.6. The third-order valence-electron chi connectivity index (χ3n) is 9.94. The first-order chi connectivity index (χ1) is 23.5. The molecule has 7 rings (SSSR count). The molecule has 6 heterocycles. The molecular weight excluding hydrogens is 663 g/mol. The van der Waals surface area contributed by atoms with E-state index in [-0.39, 0.29) is 52.6 Å². The minimum atomic E-state index is -4.66. The maximum atomic E-state index is 13.9. The summed E-state index contributed by atoms with van der Waals surface area (Å²) in [5.74, 6) is 0.639. The molecule has 3 saturated heterocycles. The maximum Gasteiger partial charge on any atom is 0.436 e. The molecule has 3 aliphatic heterocycles. The quantitative estimate of drug-likeness (QED) is 0.250. The van der Waals surface area contributed by atoms with Crippen molar-refractivity contribution in [1.82, 2.24) is 50.6 Å². The molecule has 3 aliphatic rings. The molecule has 0 aliphatic carbocycles. The lowest BCUT2D eigenvalue weighted by Crippen LogP contribution is -2.54. The minimum absolute atomic E-state index is 0.0187. The van der Waals surface area contributed by atoms with E-state index in [9.17, 15) is 22.8 Å². The lowest BCUT2D eigenvalue weighted by molar-refractivity contribution is -0.141. The zero-order valence-corrected chi connectivity index (χ0v) is 27.5. The topological polar surface area (TPSA) is 151 Å². The Morgan fingerprint density at radius 2 is 1.90 bits per heavy atom. The maximum absolute atomic E-state index is 13.9. The molecule has 17 heteroatoms. The van der Waals surface area contributed by atoms with Crippen LogP contribution < -0.4 is 32.2 Å². The molecule has 4 aromatic rings. The van der Waals surface area contributed by atoms with Gasteiger partial charge in [0.15, 0.2) is 5.69 Å². The Kier molecular flexibility index (Phi) is 9.30. The Morgan fingerprint density at radius 1 is 1.04 bits per heavy atom. The number of piperidine rings is 1. The van der Waals surface area contributed by atoms with E-state index >= 15 is 0 Å². The normalized spacial score (nSPS) is 26.5. The fraction of sp³-hybridized carbons (Fsp3) is 0.500. The number of nitrogens with one attached hydrogen (secondary N) is 4. The molecule has 3 aromatic heterocycles. The number of aromatic nitrogens is 7. The number of halogens is 4. The van der Waals surface area contributed by atoms with Crippen LogP contribution in [0, 0.1) is 11.8 Å². The van der Waals surface area contributed by atoms with Crippen LogP contribution in [0.1, 0.15) is 50.8 Å². The second-order valence-electron chi connectivity index (χ2n) is 13.2. The highest BCUT2D eigenvalue weighted by molar-refractivity contribution is 6.31. The number of hydrazine groups is 1. The summed E-state index contributed by atoms with van der Waals surface area (Å²) in [6.07, 6.45) is 4.96. The molecule has 1 aromatic carbocycles. The Hall–Kier alpha value is -4.12. The first-order valence-electron chi connectivity index (χ1n) is 16.5. The molecule has 260 valence electrons. The van der Waals surface area contributed by atoms with E-state index < -0.39 is 11.9 Å². The molecule has 3 fully saturated rings. The number of fused-ring (bicyclic) bond motifs is 4. The second-order valence-corrected chi connectivity index (χ2v) is 13.7. The van der Waals surface area contributed by atoms with Crippen LogP contribution in [0.25, 0.3) is 16.9 Å². The highest BCUT2D eigenvalue weighted by Gasteiger charge is 2.42. The van der Waals surface area contributed by atoms with Crippen LogP contribution in [0.5, 0.6) is 0 Å². The van der Waals surface area contributed by atoms with E-state index in [0.717, 1.165) is 56.1 Å². The number of benzene rings is 1. The van der Waals surface area contributed by atoms with Crippen molar-refractivity contribution in [1.29, 1.82) is 0 Å². The van der Waals surface area contributed by atoms with Crippen molar-refractivity contribution in [2.45, 2.75) is 69.4 Å². The van der Waals surface area contributed by atoms with Gasteiger partial charge >= 0.3 is 6.18 Å². The fourth-order valence-electron chi connectivity index (χ4n) is 7.45. The van der Waals surface area contributed by atoms with Crippen LogP contribution in [0.3, 0.4) is 0 Å². The van der Waals surface area contributed by atoms with Crippen LogP contribution in [0.15, 0.2) is 58.9 Å². The van der Waals surface area contributed by atoms with Crippen LogP contribution >= 0.6 is 11.6 Å². The summed E-state index contributed by atoms with van der Waals surface area (Å²) in [6, 6.07) is 5.96. The van der Waals surface area contributed by atoms with E-state index in [1.54, 1.807) is 16.8 Å². The van der Waals surface area contributed by atoms with Gasteiger partial charge in [-0.2, -0.15) is 13.2 Å². The van der Waals surface area contributed by atoms with E-state index in [4.69, 9.17) is 11.6 Å². The van der Waals surface area contributed by atoms with Crippen molar-refractivity contribution < 1.29 is 13.2 Å². The molecule has 0 radical (unpaired) electrons. The van der Waals surface area contributed by atoms with Crippen LogP contribution in [0.4, 0.5) is 18.9 Å².